The Kier molecular flexibility index (Phi) is 4.84. The van der Waals surface area contributed by atoms with Crippen molar-refractivity contribution >= 4 is 5.97 Å². The van der Waals surface area contributed by atoms with Gasteiger partial charge in [0.15, 0.2) is 0 Å². The molecule has 0 amide bonds. The lowest BCUT2D eigenvalue weighted by molar-refractivity contribution is 0.0585. The first kappa shape index (κ1) is 15.4. The average molecular weight is 285 g/mol. The van der Waals surface area contributed by atoms with Gasteiger partial charge in [0.1, 0.15) is 5.69 Å². The minimum atomic E-state index is -0.273. The van der Waals surface area contributed by atoms with Crippen molar-refractivity contribution in [3.05, 3.63) is 58.9 Å². The van der Waals surface area contributed by atoms with E-state index >= 15 is 0 Å². The van der Waals surface area contributed by atoms with Crippen molar-refractivity contribution in [3.63, 3.8) is 0 Å². The standard InChI is InChI=1S/C18H23NO2/c1-5-14(3)19-16(10-11-17(19)18(20)21-4)12-15-8-6-13(2)7-9-15/h6-11,14H,5,12H2,1-4H3/t14-/m0/s1. The Morgan fingerprint density at radius 3 is 2.43 bits per heavy atom. The highest BCUT2D eigenvalue weighted by Gasteiger charge is 2.18. The summed E-state index contributed by atoms with van der Waals surface area (Å²) >= 11 is 0. The molecular weight excluding hydrogens is 262 g/mol. The maximum absolute atomic E-state index is 11.9. The van der Waals surface area contributed by atoms with Crippen LogP contribution in [0.15, 0.2) is 36.4 Å². The number of nitrogens with zero attached hydrogens (tertiary/aromatic N) is 1. The summed E-state index contributed by atoms with van der Waals surface area (Å²) in [5.74, 6) is -0.273. The topological polar surface area (TPSA) is 31.2 Å². The normalized spacial score (nSPS) is 12.2. The number of carbonyl (C=O) groups is 1. The minimum absolute atomic E-state index is 0.273. The number of hydrogen-bond donors (Lipinski definition) is 0. The number of aryl methyl sites for hydroxylation is 1. The molecular formula is C18H23NO2. The molecule has 2 aromatic rings. The number of rotatable bonds is 5. The van der Waals surface area contributed by atoms with Crippen LogP contribution in [0.3, 0.4) is 0 Å². The average Bonchev–Trinajstić information content (AvgIpc) is 2.91. The molecule has 0 saturated carbocycles. The zero-order valence-electron chi connectivity index (χ0n) is 13.2. The van der Waals surface area contributed by atoms with Crippen LogP contribution in [0, 0.1) is 6.92 Å². The highest BCUT2D eigenvalue weighted by Crippen LogP contribution is 2.22. The molecule has 3 nitrogen and oxygen atoms in total. The summed E-state index contributed by atoms with van der Waals surface area (Å²) in [5, 5.41) is 0. The van der Waals surface area contributed by atoms with Gasteiger partial charge in [0.25, 0.3) is 0 Å². The first-order valence-corrected chi connectivity index (χ1v) is 7.40. The van der Waals surface area contributed by atoms with Gasteiger partial charge < -0.3 is 9.30 Å². The van der Waals surface area contributed by atoms with Crippen LogP contribution in [0.2, 0.25) is 0 Å². The molecule has 0 fully saturated rings. The summed E-state index contributed by atoms with van der Waals surface area (Å²) in [5.41, 5.74) is 4.29. The first-order chi connectivity index (χ1) is 10.1. The van der Waals surface area contributed by atoms with Crippen LogP contribution in [0.4, 0.5) is 0 Å². The zero-order valence-corrected chi connectivity index (χ0v) is 13.2. The van der Waals surface area contributed by atoms with Gasteiger partial charge in [-0.3, -0.25) is 0 Å². The summed E-state index contributed by atoms with van der Waals surface area (Å²) in [6.07, 6.45) is 1.79. The SMILES string of the molecule is CC[C@H](C)n1c(Cc2ccc(C)cc2)ccc1C(=O)OC. The fourth-order valence-electron chi connectivity index (χ4n) is 2.52. The molecule has 0 saturated heterocycles. The van der Waals surface area contributed by atoms with Crippen molar-refractivity contribution < 1.29 is 9.53 Å². The third-order valence-electron chi connectivity index (χ3n) is 3.93. The van der Waals surface area contributed by atoms with E-state index in [0.29, 0.717) is 5.69 Å². The summed E-state index contributed by atoms with van der Waals surface area (Å²) in [6, 6.07) is 12.7. The molecule has 3 heteroatoms. The van der Waals surface area contributed by atoms with Crippen LogP contribution in [0.1, 0.15) is 53.6 Å². The Labute approximate surface area is 126 Å². The number of ether oxygens (including phenoxy) is 1. The molecule has 0 aliphatic heterocycles. The molecule has 0 unspecified atom stereocenters. The second-order valence-corrected chi connectivity index (χ2v) is 5.49. The maximum Gasteiger partial charge on any atom is 0.354 e. The quantitative estimate of drug-likeness (QED) is 0.773. The molecule has 1 aromatic heterocycles. The molecule has 0 radical (unpaired) electrons. The Hall–Kier alpha value is -2.03. The van der Waals surface area contributed by atoms with Crippen molar-refractivity contribution in [2.45, 2.75) is 39.7 Å². The number of benzene rings is 1. The second kappa shape index (κ2) is 6.61. The summed E-state index contributed by atoms with van der Waals surface area (Å²) in [7, 11) is 1.43. The predicted octanol–water partition coefficient (Wildman–Crippen LogP) is 4.14. The van der Waals surface area contributed by atoms with Gasteiger partial charge in [-0.05, 0) is 38.0 Å². The Bertz CT molecular complexity index is 611. The lowest BCUT2D eigenvalue weighted by Gasteiger charge is -2.19. The number of esters is 1. The molecule has 0 bridgehead atoms. The molecule has 112 valence electrons. The third-order valence-corrected chi connectivity index (χ3v) is 3.93. The summed E-state index contributed by atoms with van der Waals surface area (Å²) < 4.78 is 6.99. The van der Waals surface area contributed by atoms with Crippen LogP contribution >= 0.6 is 0 Å². The van der Waals surface area contributed by atoms with Gasteiger partial charge in [0, 0.05) is 18.2 Å². The van der Waals surface area contributed by atoms with E-state index in [1.54, 1.807) is 0 Å². The zero-order chi connectivity index (χ0) is 15.4. The monoisotopic (exact) mass is 285 g/mol. The van der Waals surface area contributed by atoms with E-state index in [9.17, 15) is 4.79 Å². The Morgan fingerprint density at radius 2 is 1.86 bits per heavy atom. The van der Waals surface area contributed by atoms with E-state index in [0.717, 1.165) is 18.5 Å². The fourth-order valence-corrected chi connectivity index (χ4v) is 2.52. The van der Waals surface area contributed by atoms with Gasteiger partial charge in [-0.2, -0.15) is 0 Å². The highest BCUT2D eigenvalue weighted by molar-refractivity contribution is 5.88. The van der Waals surface area contributed by atoms with Crippen molar-refractivity contribution in [1.29, 1.82) is 0 Å². The lowest BCUT2D eigenvalue weighted by Crippen LogP contribution is -2.16. The molecule has 2 rings (SSSR count). The van der Waals surface area contributed by atoms with E-state index < -0.39 is 0 Å². The highest BCUT2D eigenvalue weighted by atomic mass is 16.5. The fraction of sp³-hybridized carbons (Fsp3) is 0.389. The van der Waals surface area contributed by atoms with Crippen LogP contribution in [-0.2, 0) is 11.2 Å². The van der Waals surface area contributed by atoms with Gasteiger partial charge in [0.05, 0.1) is 7.11 Å². The first-order valence-electron chi connectivity index (χ1n) is 7.40. The van der Waals surface area contributed by atoms with Crippen molar-refractivity contribution in [1.82, 2.24) is 4.57 Å². The van der Waals surface area contributed by atoms with Gasteiger partial charge >= 0.3 is 5.97 Å². The van der Waals surface area contributed by atoms with Crippen LogP contribution in [0.5, 0.6) is 0 Å². The van der Waals surface area contributed by atoms with Crippen molar-refractivity contribution in [2.24, 2.45) is 0 Å². The van der Waals surface area contributed by atoms with Gasteiger partial charge in [-0.1, -0.05) is 36.8 Å². The van der Waals surface area contributed by atoms with E-state index in [1.807, 2.05) is 12.1 Å². The van der Waals surface area contributed by atoms with Crippen LogP contribution < -0.4 is 0 Å². The van der Waals surface area contributed by atoms with E-state index in [-0.39, 0.29) is 12.0 Å². The molecule has 1 heterocycles. The maximum atomic E-state index is 11.9. The predicted molar refractivity (Wildman–Crippen MR) is 84.8 cm³/mol. The van der Waals surface area contributed by atoms with Gasteiger partial charge in [0.2, 0.25) is 0 Å². The summed E-state index contributed by atoms with van der Waals surface area (Å²) in [6.45, 7) is 6.34. The number of methoxy groups -OCH3 is 1. The van der Waals surface area contributed by atoms with E-state index in [1.165, 1.54) is 18.2 Å². The van der Waals surface area contributed by atoms with Crippen LogP contribution in [-0.4, -0.2) is 17.6 Å². The molecule has 0 N–H and O–H groups in total. The molecule has 0 spiro atoms. The summed E-state index contributed by atoms with van der Waals surface area (Å²) in [4.78, 5) is 11.9. The molecule has 21 heavy (non-hydrogen) atoms. The lowest BCUT2D eigenvalue weighted by atomic mass is 10.1. The number of aromatic nitrogens is 1. The van der Waals surface area contributed by atoms with Crippen molar-refractivity contribution in [2.75, 3.05) is 7.11 Å². The minimum Gasteiger partial charge on any atom is -0.464 e. The largest absolute Gasteiger partial charge is 0.464 e. The Morgan fingerprint density at radius 1 is 1.19 bits per heavy atom. The van der Waals surface area contributed by atoms with E-state index in [2.05, 4.69) is 49.6 Å². The second-order valence-electron chi connectivity index (χ2n) is 5.49. The number of carbonyl (C=O) groups excluding carboxylic acids is 1. The van der Waals surface area contributed by atoms with Crippen molar-refractivity contribution in [3.8, 4) is 0 Å². The number of hydrogen-bond acceptors (Lipinski definition) is 2. The molecule has 1 atom stereocenters. The smallest absolute Gasteiger partial charge is 0.354 e. The molecule has 0 aliphatic rings. The molecule has 0 aliphatic carbocycles. The Balaban J connectivity index is 2.36. The molecule has 1 aromatic carbocycles. The van der Waals surface area contributed by atoms with E-state index in [4.69, 9.17) is 4.74 Å². The third kappa shape index (κ3) is 3.35. The van der Waals surface area contributed by atoms with Crippen LogP contribution in [0.25, 0.3) is 0 Å². The van der Waals surface area contributed by atoms with Gasteiger partial charge in [-0.25, -0.2) is 4.79 Å². The van der Waals surface area contributed by atoms with Gasteiger partial charge in [-0.15, -0.1) is 0 Å².